The average molecular weight is 249 g/mol. The predicted octanol–water partition coefficient (Wildman–Crippen LogP) is 3.18. The number of ketones is 1. The lowest BCUT2D eigenvalue weighted by molar-refractivity contribution is 0.0956. The minimum absolute atomic E-state index is 0.0313. The Labute approximate surface area is 108 Å². The van der Waals surface area contributed by atoms with Crippen molar-refractivity contribution in [3.63, 3.8) is 0 Å². The molecule has 1 saturated heterocycles. The molecule has 2 nitrogen and oxygen atoms in total. The SMILES string of the molecule is CCC1CCNC(CC(=O)c2cccc(F)c2)C1. The minimum atomic E-state index is -0.344. The molecule has 18 heavy (non-hydrogen) atoms. The lowest BCUT2D eigenvalue weighted by atomic mass is 9.87. The number of benzene rings is 1. The van der Waals surface area contributed by atoms with Gasteiger partial charge in [-0.15, -0.1) is 0 Å². The largest absolute Gasteiger partial charge is 0.314 e. The molecule has 0 radical (unpaired) electrons. The van der Waals surface area contributed by atoms with Crippen LogP contribution in [0.25, 0.3) is 0 Å². The fourth-order valence-corrected chi connectivity index (χ4v) is 2.62. The highest BCUT2D eigenvalue weighted by atomic mass is 19.1. The first-order chi connectivity index (χ1) is 8.69. The molecule has 98 valence electrons. The summed E-state index contributed by atoms with van der Waals surface area (Å²) in [6, 6.07) is 6.21. The lowest BCUT2D eigenvalue weighted by Gasteiger charge is -2.29. The summed E-state index contributed by atoms with van der Waals surface area (Å²) in [6.45, 7) is 3.18. The average Bonchev–Trinajstić information content (AvgIpc) is 2.39. The summed E-state index contributed by atoms with van der Waals surface area (Å²) >= 11 is 0. The molecule has 0 aromatic heterocycles. The normalized spacial score (nSPS) is 23.9. The van der Waals surface area contributed by atoms with Gasteiger partial charge < -0.3 is 5.32 Å². The van der Waals surface area contributed by atoms with Crippen molar-refractivity contribution in [3.05, 3.63) is 35.6 Å². The van der Waals surface area contributed by atoms with Gasteiger partial charge in [-0.1, -0.05) is 25.5 Å². The van der Waals surface area contributed by atoms with Gasteiger partial charge in [-0.25, -0.2) is 4.39 Å². The molecule has 1 N–H and O–H groups in total. The van der Waals surface area contributed by atoms with Crippen LogP contribution in [0.15, 0.2) is 24.3 Å². The van der Waals surface area contributed by atoms with E-state index in [1.54, 1.807) is 12.1 Å². The van der Waals surface area contributed by atoms with Crippen LogP contribution in [-0.2, 0) is 0 Å². The maximum atomic E-state index is 13.1. The van der Waals surface area contributed by atoms with Crippen LogP contribution in [0.5, 0.6) is 0 Å². The summed E-state index contributed by atoms with van der Waals surface area (Å²) in [5.41, 5.74) is 0.482. The number of rotatable bonds is 4. The molecule has 0 aliphatic carbocycles. The molecule has 2 rings (SSSR count). The van der Waals surface area contributed by atoms with Crippen LogP contribution in [0, 0.1) is 11.7 Å². The van der Waals surface area contributed by atoms with E-state index in [4.69, 9.17) is 0 Å². The third-order valence-corrected chi connectivity index (χ3v) is 3.76. The highest BCUT2D eigenvalue weighted by molar-refractivity contribution is 5.96. The van der Waals surface area contributed by atoms with Crippen LogP contribution >= 0.6 is 0 Å². The van der Waals surface area contributed by atoms with E-state index in [2.05, 4.69) is 12.2 Å². The number of nitrogens with one attached hydrogen (secondary N) is 1. The maximum absolute atomic E-state index is 13.1. The van der Waals surface area contributed by atoms with Gasteiger partial charge in [0.25, 0.3) is 0 Å². The standard InChI is InChI=1S/C15H20FNO/c1-2-11-6-7-17-14(8-11)10-15(18)12-4-3-5-13(16)9-12/h3-5,9,11,14,17H,2,6-8,10H2,1H3. The molecule has 1 aromatic rings. The van der Waals surface area contributed by atoms with E-state index in [1.807, 2.05) is 0 Å². The van der Waals surface area contributed by atoms with Crippen LogP contribution < -0.4 is 5.32 Å². The number of halogens is 1. The molecule has 2 unspecified atom stereocenters. The Bertz CT molecular complexity index is 419. The second-order valence-electron chi connectivity index (χ2n) is 5.09. The van der Waals surface area contributed by atoms with Crippen LogP contribution in [-0.4, -0.2) is 18.4 Å². The molecule has 1 aliphatic heterocycles. The quantitative estimate of drug-likeness (QED) is 0.830. The summed E-state index contributed by atoms with van der Waals surface area (Å²) in [5, 5.41) is 3.38. The number of carbonyl (C=O) groups is 1. The Morgan fingerprint density at radius 1 is 1.50 bits per heavy atom. The summed E-state index contributed by atoms with van der Waals surface area (Å²) in [7, 11) is 0. The summed E-state index contributed by atoms with van der Waals surface area (Å²) < 4.78 is 13.1. The first-order valence-corrected chi connectivity index (χ1v) is 6.71. The zero-order valence-corrected chi connectivity index (χ0v) is 10.8. The van der Waals surface area contributed by atoms with E-state index in [0.717, 1.165) is 18.9 Å². The van der Waals surface area contributed by atoms with Gasteiger partial charge in [-0.2, -0.15) is 0 Å². The van der Waals surface area contributed by atoms with Crippen LogP contribution in [0.3, 0.4) is 0 Å². The van der Waals surface area contributed by atoms with E-state index >= 15 is 0 Å². The zero-order valence-electron chi connectivity index (χ0n) is 10.8. The summed E-state index contributed by atoms with van der Waals surface area (Å²) in [4.78, 5) is 12.1. The number of piperidine rings is 1. The predicted molar refractivity (Wildman–Crippen MR) is 70.2 cm³/mol. The minimum Gasteiger partial charge on any atom is -0.314 e. The first-order valence-electron chi connectivity index (χ1n) is 6.71. The fraction of sp³-hybridized carbons (Fsp3) is 0.533. The van der Waals surface area contributed by atoms with E-state index in [-0.39, 0.29) is 17.6 Å². The molecule has 0 bridgehead atoms. The molecular formula is C15H20FNO. The van der Waals surface area contributed by atoms with Crippen LogP contribution in [0.1, 0.15) is 43.0 Å². The second kappa shape index (κ2) is 6.10. The van der Waals surface area contributed by atoms with Crippen LogP contribution in [0.2, 0.25) is 0 Å². The van der Waals surface area contributed by atoms with Crippen molar-refractivity contribution in [1.82, 2.24) is 5.32 Å². The Morgan fingerprint density at radius 2 is 2.33 bits per heavy atom. The van der Waals surface area contributed by atoms with Crippen molar-refractivity contribution >= 4 is 5.78 Å². The first kappa shape index (κ1) is 13.2. The molecular weight excluding hydrogens is 229 g/mol. The monoisotopic (exact) mass is 249 g/mol. The van der Waals surface area contributed by atoms with Gasteiger partial charge in [0.1, 0.15) is 5.82 Å². The molecule has 1 fully saturated rings. The van der Waals surface area contributed by atoms with E-state index < -0.39 is 0 Å². The Balaban J connectivity index is 1.95. The zero-order chi connectivity index (χ0) is 13.0. The molecule has 0 saturated carbocycles. The van der Waals surface area contributed by atoms with Gasteiger partial charge in [0.05, 0.1) is 0 Å². The van der Waals surface area contributed by atoms with Crippen molar-refractivity contribution in [2.75, 3.05) is 6.54 Å². The summed E-state index contributed by atoms with van der Waals surface area (Å²) in [6.07, 6.45) is 3.89. The Morgan fingerprint density at radius 3 is 3.06 bits per heavy atom. The van der Waals surface area contributed by atoms with Gasteiger partial charge >= 0.3 is 0 Å². The smallest absolute Gasteiger partial charge is 0.164 e. The molecule has 1 aromatic carbocycles. The molecule has 1 aliphatic rings. The highest BCUT2D eigenvalue weighted by Gasteiger charge is 2.22. The molecule has 3 heteroatoms. The molecule has 0 amide bonds. The summed E-state index contributed by atoms with van der Waals surface area (Å²) in [5.74, 6) is 0.407. The fourth-order valence-electron chi connectivity index (χ4n) is 2.62. The lowest BCUT2D eigenvalue weighted by Crippen LogP contribution is -2.39. The number of Topliss-reactive ketones (excluding diaryl/α,β-unsaturated/α-hetero) is 1. The maximum Gasteiger partial charge on any atom is 0.164 e. The van der Waals surface area contributed by atoms with E-state index in [1.165, 1.54) is 25.0 Å². The number of carbonyl (C=O) groups excluding carboxylic acids is 1. The van der Waals surface area contributed by atoms with Gasteiger partial charge in [-0.05, 0) is 37.4 Å². The molecule has 0 spiro atoms. The Kier molecular flexibility index (Phi) is 4.48. The number of hydrogen-bond donors (Lipinski definition) is 1. The van der Waals surface area contributed by atoms with Crippen molar-refractivity contribution in [2.45, 2.75) is 38.6 Å². The second-order valence-corrected chi connectivity index (χ2v) is 5.09. The van der Waals surface area contributed by atoms with Crippen molar-refractivity contribution < 1.29 is 9.18 Å². The van der Waals surface area contributed by atoms with Crippen molar-refractivity contribution in [2.24, 2.45) is 5.92 Å². The van der Waals surface area contributed by atoms with Crippen molar-refractivity contribution in [1.29, 1.82) is 0 Å². The third kappa shape index (κ3) is 3.39. The van der Waals surface area contributed by atoms with E-state index in [9.17, 15) is 9.18 Å². The molecule has 2 atom stereocenters. The molecule has 1 heterocycles. The van der Waals surface area contributed by atoms with E-state index in [0.29, 0.717) is 12.0 Å². The van der Waals surface area contributed by atoms with Gasteiger partial charge in [0.2, 0.25) is 0 Å². The number of hydrogen-bond acceptors (Lipinski definition) is 2. The van der Waals surface area contributed by atoms with Gasteiger partial charge in [0, 0.05) is 18.0 Å². The Hall–Kier alpha value is -1.22. The highest BCUT2D eigenvalue weighted by Crippen LogP contribution is 2.22. The van der Waals surface area contributed by atoms with Gasteiger partial charge in [0.15, 0.2) is 5.78 Å². The third-order valence-electron chi connectivity index (χ3n) is 3.76. The van der Waals surface area contributed by atoms with Gasteiger partial charge in [-0.3, -0.25) is 4.79 Å². The van der Waals surface area contributed by atoms with Crippen molar-refractivity contribution in [3.8, 4) is 0 Å². The van der Waals surface area contributed by atoms with Crippen LogP contribution in [0.4, 0.5) is 4.39 Å². The topological polar surface area (TPSA) is 29.1 Å².